The summed E-state index contributed by atoms with van der Waals surface area (Å²) in [5.41, 5.74) is 2.32. The molecule has 2 aliphatic rings. The molecular weight excluding hydrogens is 288 g/mol. The van der Waals surface area contributed by atoms with E-state index < -0.39 is 0 Å². The van der Waals surface area contributed by atoms with E-state index in [0.29, 0.717) is 25.0 Å². The number of hydrogen-bond acceptors (Lipinski definition) is 4. The van der Waals surface area contributed by atoms with Crippen LogP contribution >= 0.6 is 0 Å². The molecule has 2 saturated heterocycles. The van der Waals surface area contributed by atoms with E-state index in [1.54, 1.807) is 12.4 Å². The van der Waals surface area contributed by atoms with Crippen molar-refractivity contribution >= 4 is 5.91 Å². The average molecular weight is 308 g/mol. The maximum atomic E-state index is 12.5. The van der Waals surface area contributed by atoms with Gasteiger partial charge in [0, 0.05) is 62.9 Å². The SMILES string of the molecule is O=C1C[C@H]2[C@H](CCN2Cc2cccnc2)N1Cc1cccnc1. The van der Waals surface area contributed by atoms with Crippen LogP contribution in [0.5, 0.6) is 0 Å². The third kappa shape index (κ3) is 2.84. The quantitative estimate of drug-likeness (QED) is 0.865. The minimum absolute atomic E-state index is 0.264. The highest BCUT2D eigenvalue weighted by Gasteiger charge is 2.46. The summed E-state index contributed by atoms with van der Waals surface area (Å²) in [7, 11) is 0. The van der Waals surface area contributed by atoms with Gasteiger partial charge in [-0.25, -0.2) is 0 Å². The number of pyridine rings is 2. The average Bonchev–Trinajstić information content (AvgIpc) is 3.10. The summed E-state index contributed by atoms with van der Waals surface area (Å²) in [6, 6.07) is 8.70. The largest absolute Gasteiger partial charge is 0.334 e. The summed E-state index contributed by atoms with van der Waals surface area (Å²) in [5, 5.41) is 0. The van der Waals surface area contributed by atoms with Gasteiger partial charge in [0.2, 0.25) is 5.91 Å². The van der Waals surface area contributed by atoms with Crippen molar-refractivity contribution in [2.45, 2.75) is 38.0 Å². The number of amides is 1. The van der Waals surface area contributed by atoms with Crippen LogP contribution in [0.15, 0.2) is 49.1 Å². The molecule has 0 aliphatic carbocycles. The Hall–Kier alpha value is -2.27. The van der Waals surface area contributed by atoms with Crippen LogP contribution in [-0.4, -0.2) is 44.3 Å². The van der Waals surface area contributed by atoms with Crippen LogP contribution in [0.3, 0.4) is 0 Å². The van der Waals surface area contributed by atoms with Crippen molar-refractivity contribution in [1.82, 2.24) is 19.8 Å². The van der Waals surface area contributed by atoms with Crippen molar-refractivity contribution in [3.8, 4) is 0 Å². The molecule has 2 aromatic heterocycles. The molecule has 4 heterocycles. The minimum Gasteiger partial charge on any atom is -0.334 e. The first-order valence-corrected chi connectivity index (χ1v) is 8.12. The van der Waals surface area contributed by atoms with Crippen LogP contribution < -0.4 is 0 Å². The van der Waals surface area contributed by atoms with E-state index in [4.69, 9.17) is 0 Å². The van der Waals surface area contributed by atoms with Gasteiger partial charge in [-0.15, -0.1) is 0 Å². The number of likely N-dealkylation sites (tertiary alicyclic amines) is 2. The van der Waals surface area contributed by atoms with Crippen molar-refractivity contribution in [3.63, 3.8) is 0 Å². The fourth-order valence-corrected chi connectivity index (χ4v) is 3.83. The maximum Gasteiger partial charge on any atom is 0.224 e. The number of hydrogen-bond donors (Lipinski definition) is 0. The van der Waals surface area contributed by atoms with Crippen molar-refractivity contribution in [1.29, 1.82) is 0 Å². The van der Waals surface area contributed by atoms with E-state index in [0.717, 1.165) is 25.1 Å². The van der Waals surface area contributed by atoms with Gasteiger partial charge < -0.3 is 4.90 Å². The second-order valence-electron chi connectivity index (χ2n) is 6.34. The molecule has 0 bridgehead atoms. The Kier molecular flexibility index (Phi) is 3.79. The summed E-state index contributed by atoms with van der Waals surface area (Å²) >= 11 is 0. The Morgan fingerprint density at radius 1 is 1.00 bits per heavy atom. The molecule has 0 spiro atoms. The Morgan fingerprint density at radius 2 is 1.70 bits per heavy atom. The molecule has 2 aromatic rings. The Balaban J connectivity index is 1.47. The summed E-state index contributed by atoms with van der Waals surface area (Å²) < 4.78 is 0. The first-order valence-electron chi connectivity index (χ1n) is 8.12. The lowest BCUT2D eigenvalue weighted by Crippen LogP contribution is -2.36. The van der Waals surface area contributed by atoms with Gasteiger partial charge in [-0.1, -0.05) is 12.1 Å². The van der Waals surface area contributed by atoms with Gasteiger partial charge in [-0.05, 0) is 29.7 Å². The zero-order valence-corrected chi connectivity index (χ0v) is 13.0. The summed E-state index contributed by atoms with van der Waals surface area (Å²) in [5.74, 6) is 0.264. The predicted octanol–water partition coefficient (Wildman–Crippen LogP) is 1.85. The highest BCUT2D eigenvalue weighted by atomic mass is 16.2. The van der Waals surface area contributed by atoms with Crippen LogP contribution in [0.25, 0.3) is 0 Å². The molecule has 2 aliphatic heterocycles. The topological polar surface area (TPSA) is 49.3 Å². The zero-order valence-electron chi connectivity index (χ0n) is 13.0. The van der Waals surface area contributed by atoms with Crippen LogP contribution in [0.4, 0.5) is 0 Å². The zero-order chi connectivity index (χ0) is 15.6. The van der Waals surface area contributed by atoms with Crippen LogP contribution in [0.2, 0.25) is 0 Å². The molecule has 0 radical (unpaired) electrons. The predicted molar refractivity (Wildman–Crippen MR) is 86.2 cm³/mol. The lowest BCUT2D eigenvalue weighted by molar-refractivity contribution is -0.129. The van der Waals surface area contributed by atoms with E-state index in [-0.39, 0.29) is 5.91 Å². The van der Waals surface area contributed by atoms with E-state index in [9.17, 15) is 4.79 Å². The fraction of sp³-hybridized carbons (Fsp3) is 0.389. The number of aromatic nitrogens is 2. The van der Waals surface area contributed by atoms with Gasteiger partial charge in [0.05, 0.1) is 0 Å². The fourth-order valence-electron chi connectivity index (χ4n) is 3.83. The second kappa shape index (κ2) is 6.08. The molecule has 0 aromatic carbocycles. The van der Waals surface area contributed by atoms with Crippen molar-refractivity contribution in [2.24, 2.45) is 0 Å². The molecule has 5 nitrogen and oxygen atoms in total. The molecular formula is C18H20N4O. The van der Waals surface area contributed by atoms with Crippen molar-refractivity contribution < 1.29 is 4.79 Å². The van der Waals surface area contributed by atoms with Gasteiger partial charge in [0.15, 0.2) is 0 Å². The maximum absolute atomic E-state index is 12.5. The van der Waals surface area contributed by atoms with E-state index in [1.165, 1.54) is 5.56 Å². The Morgan fingerprint density at radius 3 is 2.35 bits per heavy atom. The molecule has 2 fully saturated rings. The molecule has 0 N–H and O–H groups in total. The molecule has 0 saturated carbocycles. The minimum atomic E-state index is 0.264. The molecule has 0 unspecified atom stereocenters. The van der Waals surface area contributed by atoms with Crippen molar-refractivity contribution in [3.05, 3.63) is 60.2 Å². The molecule has 2 atom stereocenters. The van der Waals surface area contributed by atoms with Crippen molar-refractivity contribution in [2.75, 3.05) is 6.54 Å². The number of nitrogens with zero attached hydrogens (tertiary/aromatic N) is 4. The van der Waals surface area contributed by atoms with Gasteiger partial charge >= 0.3 is 0 Å². The third-order valence-corrected chi connectivity index (χ3v) is 4.91. The van der Waals surface area contributed by atoms with Gasteiger partial charge in [-0.2, -0.15) is 0 Å². The first kappa shape index (κ1) is 14.3. The van der Waals surface area contributed by atoms with Gasteiger partial charge in [0.25, 0.3) is 0 Å². The number of carbonyl (C=O) groups excluding carboxylic acids is 1. The summed E-state index contributed by atoms with van der Waals surface area (Å²) in [4.78, 5) is 25.3. The molecule has 23 heavy (non-hydrogen) atoms. The standard InChI is InChI=1S/C18H20N4O/c23-18-9-17-16(22(18)13-15-4-2-7-20-11-15)5-8-21(17)12-14-3-1-6-19-10-14/h1-4,6-7,10-11,16-17H,5,8-9,12-13H2/t16-,17-/m0/s1. The molecule has 4 rings (SSSR count). The lowest BCUT2D eigenvalue weighted by Gasteiger charge is -2.25. The Bertz CT molecular complexity index is 676. The van der Waals surface area contributed by atoms with Crippen LogP contribution in [-0.2, 0) is 17.9 Å². The summed E-state index contributed by atoms with van der Waals surface area (Å²) in [6.45, 7) is 2.60. The highest BCUT2D eigenvalue weighted by Crippen LogP contribution is 2.34. The Labute approximate surface area is 136 Å². The number of carbonyl (C=O) groups is 1. The van der Waals surface area contributed by atoms with E-state index >= 15 is 0 Å². The summed E-state index contributed by atoms with van der Waals surface area (Å²) in [6.07, 6.45) is 9.01. The first-order chi connectivity index (χ1) is 11.3. The van der Waals surface area contributed by atoms with E-state index in [1.807, 2.05) is 35.5 Å². The van der Waals surface area contributed by atoms with Crippen LogP contribution in [0.1, 0.15) is 24.0 Å². The molecule has 5 heteroatoms. The number of fused-ring (bicyclic) bond motifs is 1. The number of rotatable bonds is 4. The van der Waals surface area contributed by atoms with Gasteiger partial charge in [0.1, 0.15) is 0 Å². The smallest absolute Gasteiger partial charge is 0.224 e. The van der Waals surface area contributed by atoms with Crippen LogP contribution in [0, 0.1) is 0 Å². The molecule has 1 amide bonds. The highest BCUT2D eigenvalue weighted by molar-refractivity contribution is 5.80. The molecule has 118 valence electrons. The normalized spacial score (nSPS) is 24.2. The second-order valence-corrected chi connectivity index (χ2v) is 6.34. The third-order valence-electron chi connectivity index (χ3n) is 4.91. The van der Waals surface area contributed by atoms with Gasteiger partial charge in [-0.3, -0.25) is 19.7 Å². The monoisotopic (exact) mass is 308 g/mol. The lowest BCUT2D eigenvalue weighted by atomic mass is 10.1. The van der Waals surface area contributed by atoms with E-state index in [2.05, 4.69) is 20.9 Å².